The van der Waals surface area contributed by atoms with Crippen LogP contribution in [0.3, 0.4) is 0 Å². The molecule has 0 spiro atoms. The molecule has 0 amide bonds. The zero-order chi connectivity index (χ0) is 13.3. The molecule has 6 nitrogen and oxygen atoms in total. The molecular formula is C11H10N2O4S. The lowest BCUT2D eigenvalue weighted by Gasteiger charge is -2.02. The van der Waals surface area contributed by atoms with Crippen LogP contribution in [0.2, 0.25) is 0 Å². The summed E-state index contributed by atoms with van der Waals surface area (Å²) in [4.78, 5) is 11.4. The molecule has 7 heteroatoms. The molecule has 0 saturated carbocycles. The molecule has 18 heavy (non-hydrogen) atoms. The second-order valence-corrected chi connectivity index (χ2v) is 5.89. The molecule has 0 radical (unpaired) electrons. The first kappa shape index (κ1) is 12.4. The van der Waals surface area contributed by atoms with Crippen molar-refractivity contribution in [1.82, 2.24) is 4.57 Å². The number of aryl methyl sites for hydroxylation is 1. The van der Waals surface area contributed by atoms with Gasteiger partial charge in [0, 0.05) is 13.5 Å². The molecule has 94 valence electrons. The molecule has 0 aliphatic carbocycles. The van der Waals surface area contributed by atoms with Gasteiger partial charge in [0.1, 0.15) is 0 Å². The summed E-state index contributed by atoms with van der Waals surface area (Å²) in [6.07, 6.45) is -0.0648. The first-order valence-electron chi connectivity index (χ1n) is 5.15. The number of sulfone groups is 1. The number of benzene rings is 1. The van der Waals surface area contributed by atoms with Gasteiger partial charge in [-0.2, -0.15) is 5.26 Å². The van der Waals surface area contributed by atoms with Crippen molar-refractivity contribution in [2.24, 2.45) is 7.05 Å². The minimum Gasteiger partial charge on any atom is -0.408 e. The van der Waals surface area contributed by atoms with Gasteiger partial charge in [-0.15, -0.1) is 0 Å². The van der Waals surface area contributed by atoms with Gasteiger partial charge in [0.05, 0.1) is 22.2 Å². The Kier molecular flexibility index (Phi) is 2.97. The SMILES string of the molecule is Cn1c(=O)oc2ccc(S(=O)(=O)CCC#N)cc21. The highest BCUT2D eigenvalue weighted by atomic mass is 32.2. The summed E-state index contributed by atoms with van der Waals surface area (Å²) >= 11 is 0. The molecule has 2 rings (SSSR count). The standard InChI is InChI=1S/C11H10N2O4S/c1-13-9-7-8(18(15,16)6-2-5-12)3-4-10(9)17-11(13)14/h3-4,7H,2,6H2,1H3. The van der Waals surface area contributed by atoms with Crippen LogP contribution in [0.5, 0.6) is 0 Å². The molecule has 1 aromatic carbocycles. The van der Waals surface area contributed by atoms with Gasteiger partial charge in [0.15, 0.2) is 15.4 Å². The smallest absolute Gasteiger partial charge is 0.408 e. The van der Waals surface area contributed by atoms with Gasteiger partial charge in [-0.25, -0.2) is 13.2 Å². The topological polar surface area (TPSA) is 93.1 Å². The van der Waals surface area contributed by atoms with E-state index >= 15 is 0 Å². The Morgan fingerprint density at radius 3 is 2.83 bits per heavy atom. The van der Waals surface area contributed by atoms with E-state index in [4.69, 9.17) is 9.68 Å². The summed E-state index contributed by atoms with van der Waals surface area (Å²) in [6, 6.07) is 5.99. The van der Waals surface area contributed by atoms with Crippen LogP contribution < -0.4 is 5.76 Å². The van der Waals surface area contributed by atoms with Crippen LogP contribution in [-0.4, -0.2) is 18.7 Å². The van der Waals surface area contributed by atoms with E-state index in [1.54, 1.807) is 6.07 Å². The normalized spacial score (nSPS) is 11.6. The number of oxazole rings is 1. The Balaban J connectivity index is 2.57. The minimum atomic E-state index is -3.50. The second-order valence-electron chi connectivity index (χ2n) is 3.78. The largest absolute Gasteiger partial charge is 0.419 e. The Morgan fingerprint density at radius 1 is 1.44 bits per heavy atom. The molecule has 0 unspecified atom stereocenters. The third-order valence-electron chi connectivity index (χ3n) is 2.60. The monoisotopic (exact) mass is 266 g/mol. The molecule has 2 aromatic rings. The lowest BCUT2D eigenvalue weighted by atomic mass is 10.3. The number of aromatic nitrogens is 1. The molecule has 1 heterocycles. The summed E-state index contributed by atoms with van der Waals surface area (Å²) in [6.45, 7) is 0. The van der Waals surface area contributed by atoms with Gasteiger partial charge >= 0.3 is 5.76 Å². The van der Waals surface area contributed by atoms with E-state index in [0.29, 0.717) is 11.1 Å². The van der Waals surface area contributed by atoms with Crippen molar-refractivity contribution >= 4 is 20.9 Å². The zero-order valence-electron chi connectivity index (χ0n) is 9.58. The highest BCUT2D eigenvalue weighted by molar-refractivity contribution is 7.91. The first-order chi connectivity index (χ1) is 8.45. The minimum absolute atomic E-state index is 0.0648. The molecule has 0 saturated heterocycles. The lowest BCUT2D eigenvalue weighted by Crippen LogP contribution is -2.09. The molecule has 0 bridgehead atoms. The van der Waals surface area contributed by atoms with Crippen molar-refractivity contribution in [3.8, 4) is 6.07 Å². The summed E-state index contributed by atoms with van der Waals surface area (Å²) < 4.78 is 29.9. The average molecular weight is 266 g/mol. The number of hydrogen-bond donors (Lipinski definition) is 0. The van der Waals surface area contributed by atoms with Crippen LogP contribution in [-0.2, 0) is 16.9 Å². The first-order valence-corrected chi connectivity index (χ1v) is 6.80. The Hall–Kier alpha value is -2.07. The van der Waals surface area contributed by atoms with Crippen LogP contribution in [0, 0.1) is 11.3 Å². The predicted molar refractivity (Wildman–Crippen MR) is 63.7 cm³/mol. The Morgan fingerprint density at radius 2 is 2.17 bits per heavy atom. The van der Waals surface area contributed by atoms with E-state index < -0.39 is 15.6 Å². The van der Waals surface area contributed by atoms with Crippen molar-refractivity contribution in [2.45, 2.75) is 11.3 Å². The lowest BCUT2D eigenvalue weighted by molar-refractivity contribution is 0.528. The van der Waals surface area contributed by atoms with Crippen molar-refractivity contribution in [2.75, 3.05) is 5.75 Å². The Labute approximate surface area is 103 Å². The van der Waals surface area contributed by atoms with Crippen LogP contribution in [0.1, 0.15) is 6.42 Å². The van der Waals surface area contributed by atoms with E-state index in [1.165, 1.54) is 29.8 Å². The van der Waals surface area contributed by atoms with Gasteiger partial charge < -0.3 is 4.42 Å². The zero-order valence-corrected chi connectivity index (χ0v) is 10.4. The van der Waals surface area contributed by atoms with Gasteiger partial charge in [-0.3, -0.25) is 4.57 Å². The third kappa shape index (κ3) is 2.02. The van der Waals surface area contributed by atoms with Crippen LogP contribution in [0.25, 0.3) is 11.1 Å². The highest BCUT2D eigenvalue weighted by Gasteiger charge is 2.16. The second kappa shape index (κ2) is 4.31. The summed E-state index contributed by atoms with van der Waals surface area (Å²) in [5.74, 6) is -0.780. The fourth-order valence-electron chi connectivity index (χ4n) is 1.60. The summed E-state index contributed by atoms with van der Waals surface area (Å²) in [5, 5.41) is 8.42. The fraction of sp³-hybridized carbons (Fsp3) is 0.273. The number of hydrogen-bond acceptors (Lipinski definition) is 5. The fourth-order valence-corrected chi connectivity index (χ4v) is 2.76. The summed E-state index contributed by atoms with van der Waals surface area (Å²) in [7, 11) is -2.00. The van der Waals surface area contributed by atoms with Crippen LogP contribution in [0.4, 0.5) is 0 Å². The van der Waals surface area contributed by atoms with E-state index in [1.807, 2.05) is 0 Å². The maximum atomic E-state index is 11.9. The van der Waals surface area contributed by atoms with E-state index in [2.05, 4.69) is 0 Å². The van der Waals surface area contributed by atoms with E-state index in [-0.39, 0.29) is 17.1 Å². The van der Waals surface area contributed by atoms with Gasteiger partial charge in [0.25, 0.3) is 0 Å². The molecule has 0 N–H and O–H groups in total. The number of nitriles is 1. The van der Waals surface area contributed by atoms with Crippen LogP contribution >= 0.6 is 0 Å². The van der Waals surface area contributed by atoms with Crippen molar-refractivity contribution in [3.63, 3.8) is 0 Å². The molecule has 0 aliphatic rings. The average Bonchev–Trinajstić information content (AvgIpc) is 2.62. The van der Waals surface area contributed by atoms with Gasteiger partial charge in [-0.05, 0) is 18.2 Å². The molecule has 0 aliphatic heterocycles. The highest BCUT2D eigenvalue weighted by Crippen LogP contribution is 2.19. The summed E-state index contributed by atoms with van der Waals surface area (Å²) in [5.41, 5.74) is 0.750. The van der Waals surface area contributed by atoms with Gasteiger partial charge in [0.2, 0.25) is 0 Å². The maximum absolute atomic E-state index is 11.9. The maximum Gasteiger partial charge on any atom is 0.419 e. The van der Waals surface area contributed by atoms with Crippen molar-refractivity contribution in [3.05, 3.63) is 28.7 Å². The molecule has 0 fully saturated rings. The molecule has 1 aromatic heterocycles. The van der Waals surface area contributed by atoms with Crippen molar-refractivity contribution in [1.29, 1.82) is 5.26 Å². The third-order valence-corrected chi connectivity index (χ3v) is 4.32. The number of nitrogens with zero attached hydrogens (tertiary/aromatic N) is 2. The number of rotatable bonds is 3. The van der Waals surface area contributed by atoms with Gasteiger partial charge in [-0.1, -0.05) is 0 Å². The quantitative estimate of drug-likeness (QED) is 0.819. The van der Waals surface area contributed by atoms with Crippen LogP contribution in [0.15, 0.2) is 32.3 Å². The molecule has 0 atom stereocenters. The number of fused-ring (bicyclic) bond motifs is 1. The molecular weight excluding hydrogens is 256 g/mol. The predicted octanol–water partition coefficient (Wildman–Crippen LogP) is 0.819. The van der Waals surface area contributed by atoms with E-state index in [0.717, 1.165) is 0 Å². The Bertz CT molecular complexity index is 793. The van der Waals surface area contributed by atoms with E-state index in [9.17, 15) is 13.2 Å². The van der Waals surface area contributed by atoms with Crippen molar-refractivity contribution < 1.29 is 12.8 Å².